The fraction of sp³-hybridized carbons (Fsp3) is 0.429. The van der Waals surface area contributed by atoms with E-state index in [0.29, 0.717) is 11.5 Å². The highest BCUT2D eigenvalue weighted by Crippen LogP contribution is 2.35. The highest BCUT2D eigenvalue weighted by molar-refractivity contribution is 8.21. The Hall–Kier alpha value is -3.20. The van der Waals surface area contributed by atoms with Gasteiger partial charge in [0.2, 0.25) is 0 Å². The molecule has 4 rings (SSSR count). The molecule has 14 heteroatoms. The topological polar surface area (TPSA) is 124 Å². The molecule has 2 fully saturated rings. The molecule has 0 aliphatic carbocycles. The average Bonchev–Trinajstić information content (AvgIpc) is 3.86. The predicted octanol–water partition coefficient (Wildman–Crippen LogP) is 5.66. The van der Waals surface area contributed by atoms with Gasteiger partial charge < -0.3 is 28.4 Å². The zero-order valence-electron chi connectivity index (χ0n) is 27.4. The summed E-state index contributed by atoms with van der Waals surface area (Å²) in [4.78, 5) is 48.4. The minimum atomic E-state index is -0.794. The second-order valence-electron chi connectivity index (χ2n) is 11.2. The smallest absolute Gasteiger partial charge is 0.330 e. The van der Waals surface area contributed by atoms with Gasteiger partial charge in [-0.2, -0.15) is 0 Å². The van der Waals surface area contributed by atoms with Crippen LogP contribution in [0.4, 0.5) is 0 Å². The van der Waals surface area contributed by atoms with Crippen LogP contribution in [0.5, 0.6) is 11.5 Å². The van der Waals surface area contributed by atoms with E-state index in [9.17, 15) is 19.2 Å². The van der Waals surface area contributed by atoms with Crippen LogP contribution in [0.3, 0.4) is 0 Å². The van der Waals surface area contributed by atoms with Gasteiger partial charge in [0, 0.05) is 40.6 Å². The molecule has 0 saturated carbocycles. The van der Waals surface area contributed by atoms with E-state index in [1.54, 1.807) is 0 Å². The number of esters is 4. The Morgan fingerprint density at radius 2 is 1.00 bits per heavy atom. The van der Waals surface area contributed by atoms with Crippen molar-refractivity contribution >= 4 is 70.9 Å². The molecule has 2 atom stereocenters. The molecular formula is C35H40O10S4. The second kappa shape index (κ2) is 19.3. The van der Waals surface area contributed by atoms with Crippen LogP contribution in [0.1, 0.15) is 25.0 Å². The van der Waals surface area contributed by atoms with E-state index in [-0.39, 0.29) is 52.9 Å². The Kier molecular flexibility index (Phi) is 15.2. The quantitative estimate of drug-likeness (QED) is 0.106. The third-order valence-corrected chi connectivity index (χ3v) is 13.3. The molecule has 0 amide bonds. The molecule has 2 aliphatic heterocycles. The number of rotatable bonds is 18. The fourth-order valence-corrected chi connectivity index (χ4v) is 9.75. The lowest BCUT2D eigenvalue weighted by atomic mass is 9.78. The van der Waals surface area contributed by atoms with Gasteiger partial charge in [-0.1, -0.05) is 51.3 Å². The van der Waals surface area contributed by atoms with Crippen molar-refractivity contribution in [1.29, 1.82) is 0 Å². The van der Waals surface area contributed by atoms with Crippen molar-refractivity contribution in [2.75, 3.05) is 49.4 Å². The Balaban J connectivity index is 1.30. The number of carbonyl (C=O) groups is 4. The summed E-state index contributed by atoms with van der Waals surface area (Å²) in [6.07, 6.45) is 0.523. The molecule has 0 bridgehead atoms. The summed E-state index contributed by atoms with van der Waals surface area (Å²) in [7, 11) is 0. The fourth-order valence-electron chi connectivity index (χ4n) is 4.61. The summed E-state index contributed by atoms with van der Waals surface area (Å²) in [6, 6.07) is 15.2. The third-order valence-electron chi connectivity index (χ3n) is 7.37. The summed E-state index contributed by atoms with van der Waals surface area (Å²) in [5.41, 5.74) is 1.68. The molecule has 2 aromatic carbocycles. The highest BCUT2D eigenvalue weighted by atomic mass is 32.2. The maximum absolute atomic E-state index is 12.3. The van der Waals surface area contributed by atoms with Gasteiger partial charge in [-0.25, -0.2) is 19.2 Å². The first-order chi connectivity index (χ1) is 23.6. The summed E-state index contributed by atoms with van der Waals surface area (Å²) >= 11 is 6.15. The van der Waals surface area contributed by atoms with E-state index < -0.39 is 24.1 Å². The van der Waals surface area contributed by atoms with Crippen molar-refractivity contribution in [3.05, 3.63) is 85.0 Å². The lowest BCUT2D eigenvalue weighted by Gasteiger charge is -2.27. The zero-order valence-corrected chi connectivity index (χ0v) is 30.6. The van der Waals surface area contributed by atoms with E-state index in [0.717, 1.165) is 46.3 Å². The Labute approximate surface area is 303 Å². The molecule has 2 aliphatic rings. The lowest BCUT2D eigenvalue weighted by Crippen LogP contribution is -2.31. The maximum atomic E-state index is 12.3. The minimum absolute atomic E-state index is 0.00322. The molecule has 0 spiro atoms. The lowest BCUT2D eigenvalue weighted by molar-refractivity contribution is -0.156. The first-order valence-corrected chi connectivity index (χ1v) is 19.7. The van der Waals surface area contributed by atoms with Crippen LogP contribution >= 0.6 is 47.0 Å². The molecule has 0 N–H and O–H groups in total. The summed E-state index contributed by atoms with van der Waals surface area (Å²) in [5, 5.41) is 0. The first kappa shape index (κ1) is 38.6. The second-order valence-corrected chi connectivity index (χ2v) is 16.7. The normalized spacial score (nSPS) is 16.2. The standard InChI is InChI=1S/C35H40O10S4/c1-5-29(36)44-27(21-42-31(38)33-46-15-16-47-33)19-40-25-11-7-23(8-12-25)35(3,4)24-9-13-26(14-10-24)41-20-28(45-30(37)6-2)22-43-32(39)34-48-17-18-49-34/h5-14,27-28,33-34H,1-2,15-22H2,3-4H3. The molecule has 2 aromatic rings. The molecular weight excluding hydrogens is 709 g/mol. The van der Waals surface area contributed by atoms with Crippen molar-refractivity contribution in [1.82, 2.24) is 0 Å². The van der Waals surface area contributed by atoms with Crippen molar-refractivity contribution in [2.45, 2.75) is 40.6 Å². The van der Waals surface area contributed by atoms with Crippen molar-refractivity contribution < 1.29 is 47.6 Å². The van der Waals surface area contributed by atoms with Crippen LogP contribution < -0.4 is 9.47 Å². The Bertz CT molecular complexity index is 1330. The maximum Gasteiger partial charge on any atom is 0.330 e. The van der Waals surface area contributed by atoms with E-state index in [4.69, 9.17) is 28.4 Å². The molecule has 2 unspecified atom stereocenters. The van der Waals surface area contributed by atoms with Crippen LogP contribution in [0, 0.1) is 0 Å². The van der Waals surface area contributed by atoms with Crippen molar-refractivity contribution in [3.63, 3.8) is 0 Å². The van der Waals surface area contributed by atoms with Crippen LogP contribution in [-0.2, 0) is 43.5 Å². The molecule has 0 radical (unpaired) electrons. The van der Waals surface area contributed by atoms with Gasteiger partial charge in [0.15, 0.2) is 12.2 Å². The summed E-state index contributed by atoms with van der Waals surface area (Å²) in [6.45, 7) is 10.8. The van der Waals surface area contributed by atoms with E-state index in [1.165, 1.54) is 47.0 Å². The van der Waals surface area contributed by atoms with Crippen LogP contribution in [0.25, 0.3) is 0 Å². The molecule has 264 valence electrons. The van der Waals surface area contributed by atoms with Crippen LogP contribution in [-0.4, -0.2) is 94.7 Å². The number of benzene rings is 2. The van der Waals surface area contributed by atoms with Gasteiger partial charge in [0.1, 0.15) is 47.1 Å². The van der Waals surface area contributed by atoms with Gasteiger partial charge in [-0.3, -0.25) is 0 Å². The Morgan fingerprint density at radius 3 is 1.33 bits per heavy atom. The van der Waals surface area contributed by atoms with E-state index in [1.807, 2.05) is 48.5 Å². The third kappa shape index (κ3) is 12.0. The average molecular weight is 749 g/mol. The molecule has 49 heavy (non-hydrogen) atoms. The van der Waals surface area contributed by atoms with Gasteiger partial charge in [-0.05, 0) is 35.4 Å². The minimum Gasteiger partial charge on any atom is -0.490 e. The predicted molar refractivity (Wildman–Crippen MR) is 195 cm³/mol. The monoisotopic (exact) mass is 748 g/mol. The van der Waals surface area contributed by atoms with Gasteiger partial charge >= 0.3 is 23.9 Å². The van der Waals surface area contributed by atoms with Crippen LogP contribution in [0.2, 0.25) is 0 Å². The number of hydrogen-bond acceptors (Lipinski definition) is 14. The number of thioether (sulfide) groups is 4. The van der Waals surface area contributed by atoms with Crippen molar-refractivity contribution in [2.24, 2.45) is 0 Å². The van der Waals surface area contributed by atoms with Gasteiger partial charge in [-0.15, -0.1) is 47.0 Å². The summed E-state index contributed by atoms with van der Waals surface area (Å²) < 4.78 is 32.8. The van der Waals surface area contributed by atoms with Gasteiger partial charge in [0.25, 0.3) is 0 Å². The SMILES string of the molecule is C=CC(=O)OC(COC(=O)C1SCCS1)COc1ccc(C(C)(C)c2ccc(OCC(COC(=O)C3SCCS3)OC(=O)C=C)cc2)cc1. The van der Waals surface area contributed by atoms with Crippen LogP contribution in [0.15, 0.2) is 73.8 Å². The van der Waals surface area contributed by atoms with E-state index >= 15 is 0 Å². The van der Waals surface area contributed by atoms with E-state index in [2.05, 4.69) is 27.0 Å². The highest BCUT2D eigenvalue weighted by Gasteiger charge is 2.29. The number of ether oxygens (including phenoxy) is 6. The summed E-state index contributed by atoms with van der Waals surface area (Å²) in [5.74, 6) is 2.77. The van der Waals surface area contributed by atoms with Gasteiger partial charge in [0.05, 0.1) is 0 Å². The largest absolute Gasteiger partial charge is 0.490 e. The zero-order chi connectivity index (χ0) is 35.2. The molecule has 2 saturated heterocycles. The number of carbonyl (C=O) groups excluding carboxylic acids is 4. The van der Waals surface area contributed by atoms with Crippen molar-refractivity contribution in [3.8, 4) is 11.5 Å². The molecule has 10 nitrogen and oxygen atoms in total. The first-order valence-electron chi connectivity index (χ1n) is 15.5. The molecule has 0 aromatic heterocycles. The number of hydrogen-bond donors (Lipinski definition) is 0. The molecule has 2 heterocycles. The Morgan fingerprint density at radius 1 is 0.653 bits per heavy atom.